The van der Waals surface area contributed by atoms with Gasteiger partial charge in [0.2, 0.25) is 0 Å². The molecule has 1 aliphatic heterocycles. The minimum Gasteiger partial charge on any atom is -0.381 e. The van der Waals surface area contributed by atoms with Gasteiger partial charge in [-0.2, -0.15) is 0 Å². The number of anilines is 1. The second-order valence-corrected chi connectivity index (χ2v) is 4.74. The highest BCUT2D eigenvalue weighted by Gasteiger charge is 2.36. The van der Waals surface area contributed by atoms with Crippen LogP contribution in [0.15, 0.2) is 24.3 Å². The van der Waals surface area contributed by atoms with E-state index in [0.717, 1.165) is 5.92 Å². The molecule has 0 spiro atoms. The molecule has 0 amide bonds. The molecule has 2 heteroatoms. The van der Waals surface area contributed by atoms with Gasteiger partial charge in [-0.1, -0.05) is 18.2 Å². The van der Waals surface area contributed by atoms with Crippen molar-refractivity contribution in [2.45, 2.75) is 37.3 Å². The van der Waals surface area contributed by atoms with Crippen molar-refractivity contribution in [3.05, 3.63) is 29.8 Å². The maximum Gasteiger partial charge on any atom is 0.0378 e. The number of hydrogen-bond donors (Lipinski definition) is 2. The molecule has 0 bridgehead atoms. The van der Waals surface area contributed by atoms with Crippen LogP contribution >= 0.6 is 0 Å². The molecule has 3 unspecified atom stereocenters. The summed E-state index contributed by atoms with van der Waals surface area (Å²) < 4.78 is 0. The van der Waals surface area contributed by atoms with Crippen LogP contribution in [0.5, 0.6) is 0 Å². The molecule has 1 saturated carbocycles. The predicted molar refractivity (Wildman–Crippen MR) is 63.3 cm³/mol. The second-order valence-electron chi connectivity index (χ2n) is 4.74. The summed E-state index contributed by atoms with van der Waals surface area (Å²) in [6.45, 7) is 0. The van der Waals surface area contributed by atoms with Crippen molar-refractivity contribution in [2.75, 3.05) is 12.4 Å². The number of rotatable bonds is 1. The molecule has 1 aliphatic carbocycles. The van der Waals surface area contributed by atoms with Gasteiger partial charge in [-0.25, -0.2) is 0 Å². The van der Waals surface area contributed by atoms with Crippen LogP contribution in [-0.2, 0) is 0 Å². The van der Waals surface area contributed by atoms with Gasteiger partial charge >= 0.3 is 0 Å². The summed E-state index contributed by atoms with van der Waals surface area (Å²) in [6, 6.07) is 10.1. The molecular weight excluding hydrogens is 184 g/mol. The van der Waals surface area contributed by atoms with E-state index in [9.17, 15) is 0 Å². The third kappa shape index (κ3) is 1.44. The summed E-state index contributed by atoms with van der Waals surface area (Å²) in [5.74, 6) is 0.755. The summed E-state index contributed by atoms with van der Waals surface area (Å²) in [5.41, 5.74) is 2.90. The Morgan fingerprint density at radius 2 is 2.13 bits per heavy atom. The van der Waals surface area contributed by atoms with Crippen molar-refractivity contribution in [3.8, 4) is 0 Å². The van der Waals surface area contributed by atoms with E-state index in [1.54, 1.807) is 0 Å². The number of nitrogens with one attached hydrogen (secondary N) is 2. The van der Waals surface area contributed by atoms with Crippen LogP contribution in [0.2, 0.25) is 0 Å². The average molecular weight is 202 g/mol. The van der Waals surface area contributed by atoms with Crippen LogP contribution in [0.3, 0.4) is 0 Å². The van der Waals surface area contributed by atoms with E-state index in [2.05, 4.69) is 41.9 Å². The Morgan fingerprint density at radius 1 is 1.27 bits per heavy atom. The number of benzene rings is 1. The Morgan fingerprint density at radius 3 is 3.00 bits per heavy atom. The summed E-state index contributed by atoms with van der Waals surface area (Å²) in [7, 11) is 2.08. The molecular formula is C13H18N2. The fourth-order valence-corrected chi connectivity index (χ4v) is 3.12. The zero-order valence-corrected chi connectivity index (χ0v) is 9.16. The van der Waals surface area contributed by atoms with Gasteiger partial charge in [-0.15, -0.1) is 0 Å². The first kappa shape index (κ1) is 9.22. The second kappa shape index (κ2) is 3.53. The molecule has 2 nitrogen and oxygen atoms in total. The van der Waals surface area contributed by atoms with Gasteiger partial charge in [0, 0.05) is 23.7 Å². The minimum atomic E-state index is 0.661. The summed E-state index contributed by atoms with van der Waals surface area (Å²) in [5, 5.41) is 7.06. The zero-order valence-electron chi connectivity index (χ0n) is 9.16. The molecule has 0 saturated heterocycles. The topological polar surface area (TPSA) is 24.1 Å². The van der Waals surface area contributed by atoms with E-state index < -0.39 is 0 Å². The van der Waals surface area contributed by atoms with Gasteiger partial charge in [-0.3, -0.25) is 0 Å². The van der Waals surface area contributed by atoms with Gasteiger partial charge in [0.25, 0.3) is 0 Å². The Kier molecular flexibility index (Phi) is 2.17. The van der Waals surface area contributed by atoms with Crippen LogP contribution in [0.1, 0.15) is 30.7 Å². The lowest BCUT2D eigenvalue weighted by molar-refractivity contribution is 0.343. The normalized spacial score (nSPS) is 33.0. The van der Waals surface area contributed by atoms with Gasteiger partial charge in [0.05, 0.1) is 0 Å². The molecule has 3 atom stereocenters. The zero-order chi connectivity index (χ0) is 10.3. The molecule has 1 fully saturated rings. The van der Waals surface area contributed by atoms with Crippen molar-refractivity contribution in [1.82, 2.24) is 5.32 Å². The van der Waals surface area contributed by atoms with Crippen molar-refractivity contribution >= 4 is 5.69 Å². The number of hydrogen-bond acceptors (Lipinski definition) is 2. The smallest absolute Gasteiger partial charge is 0.0378 e. The van der Waals surface area contributed by atoms with Gasteiger partial charge in [0.1, 0.15) is 0 Å². The molecule has 1 aromatic rings. The molecule has 0 aromatic heterocycles. The Labute approximate surface area is 91.1 Å². The first-order valence-corrected chi connectivity index (χ1v) is 5.91. The lowest BCUT2D eigenvalue weighted by Gasteiger charge is -2.31. The molecule has 0 radical (unpaired) electrons. The van der Waals surface area contributed by atoms with E-state index in [1.807, 2.05) is 0 Å². The lowest BCUT2D eigenvalue weighted by atomic mass is 9.80. The van der Waals surface area contributed by atoms with Crippen LogP contribution in [0, 0.1) is 0 Å². The fraction of sp³-hybridized carbons (Fsp3) is 0.538. The average Bonchev–Trinajstić information content (AvgIpc) is 2.66. The largest absolute Gasteiger partial charge is 0.381 e. The van der Waals surface area contributed by atoms with E-state index in [1.165, 1.54) is 30.5 Å². The molecule has 15 heavy (non-hydrogen) atoms. The third-order valence-electron chi connectivity index (χ3n) is 3.96. The molecule has 3 rings (SSSR count). The summed E-state index contributed by atoms with van der Waals surface area (Å²) >= 11 is 0. The first-order chi connectivity index (χ1) is 7.38. The van der Waals surface area contributed by atoms with Crippen molar-refractivity contribution < 1.29 is 0 Å². The predicted octanol–water partition coefficient (Wildman–Crippen LogP) is 2.34. The SMILES string of the molecule is CNC1CCC2c3ccccc3NC2C1. The lowest BCUT2D eigenvalue weighted by Crippen LogP contribution is -2.38. The minimum absolute atomic E-state index is 0.661. The van der Waals surface area contributed by atoms with E-state index >= 15 is 0 Å². The standard InChI is InChI=1S/C13H18N2/c1-14-9-6-7-11-10-4-2-3-5-12(10)15-13(11)8-9/h2-5,9,11,13-15H,6-8H2,1H3. The highest BCUT2D eigenvalue weighted by molar-refractivity contribution is 5.59. The van der Waals surface area contributed by atoms with Crippen LogP contribution in [0.4, 0.5) is 5.69 Å². The molecule has 1 heterocycles. The molecule has 1 aromatic carbocycles. The first-order valence-electron chi connectivity index (χ1n) is 5.91. The molecule has 80 valence electrons. The van der Waals surface area contributed by atoms with Crippen molar-refractivity contribution in [1.29, 1.82) is 0 Å². The van der Waals surface area contributed by atoms with Crippen molar-refractivity contribution in [3.63, 3.8) is 0 Å². The van der Waals surface area contributed by atoms with Gasteiger partial charge in [0.15, 0.2) is 0 Å². The highest BCUT2D eigenvalue weighted by atomic mass is 15.0. The maximum atomic E-state index is 3.66. The monoisotopic (exact) mass is 202 g/mol. The van der Waals surface area contributed by atoms with E-state index in [4.69, 9.17) is 0 Å². The Hall–Kier alpha value is -1.02. The molecule has 2 N–H and O–H groups in total. The quantitative estimate of drug-likeness (QED) is 0.730. The number of fused-ring (bicyclic) bond motifs is 3. The van der Waals surface area contributed by atoms with E-state index in [0.29, 0.717) is 12.1 Å². The van der Waals surface area contributed by atoms with E-state index in [-0.39, 0.29) is 0 Å². The van der Waals surface area contributed by atoms with Gasteiger partial charge in [-0.05, 0) is 37.9 Å². The summed E-state index contributed by atoms with van der Waals surface area (Å²) in [4.78, 5) is 0. The van der Waals surface area contributed by atoms with Crippen LogP contribution in [0.25, 0.3) is 0 Å². The Bertz CT molecular complexity index is 361. The van der Waals surface area contributed by atoms with Gasteiger partial charge < -0.3 is 10.6 Å². The maximum absolute atomic E-state index is 3.66. The molecule has 2 aliphatic rings. The van der Waals surface area contributed by atoms with Crippen molar-refractivity contribution in [2.24, 2.45) is 0 Å². The van der Waals surface area contributed by atoms with Crippen LogP contribution in [-0.4, -0.2) is 19.1 Å². The fourth-order valence-electron chi connectivity index (χ4n) is 3.12. The Balaban J connectivity index is 1.86. The third-order valence-corrected chi connectivity index (χ3v) is 3.96. The number of para-hydroxylation sites is 1. The summed E-state index contributed by atoms with van der Waals surface area (Å²) in [6.07, 6.45) is 3.89. The van der Waals surface area contributed by atoms with Crippen LogP contribution < -0.4 is 10.6 Å². The highest BCUT2D eigenvalue weighted by Crippen LogP contribution is 2.43.